The van der Waals surface area contributed by atoms with Crippen LogP contribution < -0.4 is 5.32 Å². The van der Waals surface area contributed by atoms with E-state index >= 15 is 0 Å². The third-order valence-corrected chi connectivity index (χ3v) is 5.27. The van der Waals surface area contributed by atoms with Crippen molar-refractivity contribution in [1.29, 1.82) is 0 Å². The van der Waals surface area contributed by atoms with Gasteiger partial charge in [0.1, 0.15) is 0 Å². The van der Waals surface area contributed by atoms with Gasteiger partial charge >= 0.3 is 0 Å². The Morgan fingerprint density at radius 1 is 1.36 bits per heavy atom. The first kappa shape index (κ1) is 18.2. The van der Waals surface area contributed by atoms with Gasteiger partial charge in [0, 0.05) is 59.3 Å². The van der Waals surface area contributed by atoms with Crippen LogP contribution in [0.5, 0.6) is 0 Å². The number of guanidine groups is 1. The van der Waals surface area contributed by atoms with Crippen molar-refractivity contribution in [1.82, 2.24) is 15.1 Å². The molecule has 1 N–H and O–H groups in total. The lowest BCUT2D eigenvalue weighted by Gasteiger charge is -2.29. The first-order valence-electron chi connectivity index (χ1n) is 9.55. The SMILES string of the molecule is CN=C(NCCCN1CCc2ccccc2C1)N(C)CC1CCOC1. The summed E-state index contributed by atoms with van der Waals surface area (Å²) in [5, 5.41) is 3.51. The molecule has 1 atom stereocenters. The Morgan fingerprint density at radius 3 is 2.96 bits per heavy atom. The van der Waals surface area contributed by atoms with Crippen LogP contribution in [0.15, 0.2) is 29.3 Å². The largest absolute Gasteiger partial charge is 0.381 e. The van der Waals surface area contributed by atoms with Gasteiger partial charge in [-0.15, -0.1) is 0 Å². The molecule has 0 saturated carbocycles. The van der Waals surface area contributed by atoms with Gasteiger partial charge in [-0.3, -0.25) is 9.89 Å². The number of benzene rings is 1. The van der Waals surface area contributed by atoms with E-state index in [0.29, 0.717) is 5.92 Å². The topological polar surface area (TPSA) is 40.1 Å². The van der Waals surface area contributed by atoms with Crippen molar-refractivity contribution < 1.29 is 4.74 Å². The summed E-state index contributed by atoms with van der Waals surface area (Å²) in [5.41, 5.74) is 3.02. The second-order valence-corrected chi connectivity index (χ2v) is 7.23. The molecule has 1 unspecified atom stereocenters. The van der Waals surface area contributed by atoms with Gasteiger partial charge in [-0.05, 0) is 30.4 Å². The van der Waals surface area contributed by atoms with Gasteiger partial charge in [-0.2, -0.15) is 0 Å². The lowest BCUT2D eigenvalue weighted by atomic mass is 10.00. The Morgan fingerprint density at radius 2 is 2.20 bits per heavy atom. The maximum atomic E-state index is 5.47. The minimum absolute atomic E-state index is 0.636. The summed E-state index contributed by atoms with van der Waals surface area (Å²) in [6.45, 7) is 7.18. The van der Waals surface area contributed by atoms with Gasteiger partial charge in [-0.1, -0.05) is 24.3 Å². The summed E-state index contributed by atoms with van der Waals surface area (Å²) in [7, 11) is 3.99. The van der Waals surface area contributed by atoms with Crippen LogP contribution >= 0.6 is 0 Å². The molecule has 138 valence electrons. The minimum atomic E-state index is 0.636. The van der Waals surface area contributed by atoms with Crippen molar-refractivity contribution >= 4 is 5.96 Å². The summed E-state index contributed by atoms with van der Waals surface area (Å²) in [6, 6.07) is 8.84. The van der Waals surface area contributed by atoms with E-state index in [1.165, 1.54) is 24.1 Å². The molecule has 0 radical (unpaired) electrons. The van der Waals surface area contributed by atoms with Crippen molar-refractivity contribution in [2.45, 2.75) is 25.8 Å². The normalized spacial score (nSPS) is 21.2. The van der Waals surface area contributed by atoms with Crippen LogP contribution in [-0.4, -0.2) is 69.2 Å². The van der Waals surface area contributed by atoms with Crippen LogP contribution in [0.1, 0.15) is 24.0 Å². The third kappa shape index (κ3) is 5.19. The second-order valence-electron chi connectivity index (χ2n) is 7.23. The molecule has 1 fully saturated rings. The van der Waals surface area contributed by atoms with E-state index in [1.807, 2.05) is 7.05 Å². The molecule has 0 bridgehead atoms. The van der Waals surface area contributed by atoms with E-state index in [4.69, 9.17) is 4.74 Å². The molecular formula is C20H32N4O. The molecule has 0 aromatic heterocycles. The highest BCUT2D eigenvalue weighted by atomic mass is 16.5. The van der Waals surface area contributed by atoms with E-state index in [9.17, 15) is 0 Å². The van der Waals surface area contributed by atoms with E-state index < -0.39 is 0 Å². The zero-order valence-corrected chi connectivity index (χ0v) is 15.7. The molecule has 2 aliphatic rings. The van der Waals surface area contributed by atoms with Crippen molar-refractivity contribution in [3.8, 4) is 0 Å². The molecule has 25 heavy (non-hydrogen) atoms. The molecule has 5 heteroatoms. The van der Waals surface area contributed by atoms with Crippen LogP contribution in [-0.2, 0) is 17.7 Å². The van der Waals surface area contributed by atoms with Gasteiger partial charge in [0.15, 0.2) is 5.96 Å². The van der Waals surface area contributed by atoms with Gasteiger partial charge in [0.05, 0.1) is 6.61 Å². The van der Waals surface area contributed by atoms with Gasteiger partial charge in [0.25, 0.3) is 0 Å². The minimum Gasteiger partial charge on any atom is -0.381 e. The fraction of sp³-hybridized carbons (Fsp3) is 0.650. The number of fused-ring (bicyclic) bond motifs is 1. The fourth-order valence-corrected chi connectivity index (χ4v) is 3.83. The first-order chi connectivity index (χ1) is 12.3. The van der Waals surface area contributed by atoms with Crippen LogP contribution in [0.25, 0.3) is 0 Å². The Bertz CT molecular complexity index is 569. The molecule has 5 nitrogen and oxygen atoms in total. The zero-order valence-electron chi connectivity index (χ0n) is 15.7. The second kappa shape index (κ2) is 9.20. The number of aliphatic imine (C=N–C) groups is 1. The van der Waals surface area contributed by atoms with Gasteiger partial charge in [-0.25, -0.2) is 0 Å². The van der Waals surface area contributed by atoms with Crippen LogP contribution in [0.3, 0.4) is 0 Å². The van der Waals surface area contributed by atoms with Crippen molar-refractivity contribution in [3.63, 3.8) is 0 Å². The van der Waals surface area contributed by atoms with Gasteiger partial charge < -0.3 is 15.0 Å². The standard InChI is InChI=1S/C20H32N4O/c1-21-20(23(2)14-17-9-13-25-16-17)22-10-5-11-24-12-8-18-6-3-4-7-19(18)15-24/h3-4,6-7,17H,5,8-16H2,1-2H3,(H,21,22). The molecule has 1 saturated heterocycles. The number of hydrogen-bond acceptors (Lipinski definition) is 3. The Kier molecular flexibility index (Phi) is 6.70. The molecule has 2 aliphatic heterocycles. The maximum Gasteiger partial charge on any atom is 0.193 e. The summed E-state index contributed by atoms with van der Waals surface area (Å²) >= 11 is 0. The predicted molar refractivity (Wildman–Crippen MR) is 103 cm³/mol. The van der Waals surface area contributed by atoms with Crippen LogP contribution in [0.2, 0.25) is 0 Å². The predicted octanol–water partition coefficient (Wildman–Crippen LogP) is 1.98. The highest BCUT2D eigenvalue weighted by molar-refractivity contribution is 5.79. The van der Waals surface area contributed by atoms with E-state index in [-0.39, 0.29) is 0 Å². The molecule has 1 aromatic carbocycles. The molecular weight excluding hydrogens is 312 g/mol. The Hall–Kier alpha value is -1.59. The van der Waals surface area contributed by atoms with Crippen LogP contribution in [0.4, 0.5) is 0 Å². The Labute approximate surface area is 152 Å². The maximum absolute atomic E-state index is 5.47. The highest BCUT2D eigenvalue weighted by Gasteiger charge is 2.19. The quantitative estimate of drug-likeness (QED) is 0.487. The van der Waals surface area contributed by atoms with Crippen molar-refractivity contribution in [3.05, 3.63) is 35.4 Å². The number of nitrogens with one attached hydrogen (secondary N) is 1. The zero-order chi connectivity index (χ0) is 17.5. The molecule has 0 aliphatic carbocycles. The summed E-state index contributed by atoms with van der Waals surface area (Å²) < 4.78 is 5.47. The van der Waals surface area contributed by atoms with Crippen molar-refractivity contribution in [2.24, 2.45) is 10.9 Å². The van der Waals surface area contributed by atoms with E-state index in [0.717, 1.165) is 58.2 Å². The first-order valence-corrected chi connectivity index (χ1v) is 9.55. The summed E-state index contributed by atoms with van der Waals surface area (Å²) in [6.07, 6.45) is 3.48. The van der Waals surface area contributed by atoms with Crippen molar-refractivity contribution in [2.75, 3.05) is 53.5 Å². The van der Waals surface area contributed by atoms with E-state index in [1.54, 1.807) is 0 Å². The number of ether oxygens (including phenoxy) is 1. The van der Waals surface area contributed by atoms with E-state index in [2.05, 4.69) is 51.4 Å². The molecule has 1 aromatic rings. The monoisotopic (exact) mass is 344 g/mol. The highest BCUT2D eigenvalue weighted by Crippen LogP contribution is 2.18. The molecule has 3 rings (SSSR count). The van der Waals surface area contributed by atoms with Crippen LogP contribution in [0, 0.1) is 5.92 Å². The smallest absolute Gasteiger partial charge is 0.193 e. The fourth-order valence-electron chi connectivity index (χ4n) is 3.83. The molecule has 0 amide bonds. The average molecular weight is 345 g/mol. The average Bonchev–Trinajstić information content (AvgIpc) is 3.14. The number of rotatable bonds is 6. The lowest BCUT2D eigenvalue weighted by Crippen LogP contribution is -2.42. The number of nitrogens with zero attached hydrogens (tertiary/aromatic N) is 3. The Balaban J connectivity index is 1.36. The third-order valence-electron chi connectivity index (χ3n) is 5.27. The van der Waals surface area contributed by atoms with Gasteiger partial charge in [0.2, 0.25) is 0 Å². The lowest BCUT2D eigenvalue weighted by molar-refractivity contribution is 0.181. The summed E-state index contributed by atoms with van der Waals surface area (Å²) in [4.78, 5) is 9.22. The summed E-state index contributed by atoms with van der Waals surface area (Å²) in [5.74, 6) is 1.63. The molecule has 2 heterocycles. The molecule has 0 spiro atoms. The number of hydrogen-bond donors (Lipinski definition) is 1.